The van der Waals surface area contributed by atoms with Crippen molar-refractivity contribution in [2.45, 2.75) is 6.04 Å². The summed E-state index contributed by atoms with van der Waals surface area (Å²) in [6, 6.07) is 9.95. The molecule has 1 amide bonds. The molecule has 7 heteroatoms. The minimum atomic E-state index is -0.633. The fraction of sp³-hybridized carbons (Fsp3) is 0.176. The van der Waals surface area contributed by atoms with Crippen molar-refractivity contribution in [1.29, 1.82) is 0 Å². The number of carbonyl (C=O) groups excluding carboxylic acids is 1. The Morgan fingerprint density at radius 2 is 2.17 bits per heavy atom. The number of rotatable bonds is 5. The molecule has 0 saturated carbocycles. The molecule has 1 atom stereocenters. The minimum Gasteiger partial charge on any atom is -0.467 e. The van der Waals surface area contributed by atoms with Gasteiger partial charge in [0.15, 0.2) is 0 Å². The molecule has 24 heavy (non-hydrogen) atoms. The largest absolute Gasteiger partial charge is 0.467 e. The second-order valence-corrected chi connectivity index (χ2v) is 5.68. The average molecular weight is 346 g/mol. The van der Waals surface area contributed by atoms with Crippen molar-refractivity contribution in [2.24, 2.45) is 7.05 Å². The molecule has 2 aromatic heterocycles. The molecule has 0 fully saturated rings. The van der Waals surface area contributed by atoms with Gasteiger partial charge in [-0.15, -0.1) is 0 Å². The molecule has 0 bridgehead atoms. The SMILES string of the molecule is Cn1cc(C(=O)NC(CO)c2ccco2)c(-c2ccccc2Cl)n1. The quantitative estimate of drug-likeness (QED) is 0.745. The van der Waals surface area contributed by atoms with Crippen LogP contribution in [-0.4, -0.2) is 27.4 Å². The normalized spacial score (nSPS) is 12.1. The number of aryl methyl sites for hydroxylation is 1. The van der Waals surface area contributed by atoms with E-state index in [1.54, 1.807) is 42.2 Å². The van der Waals surface area contributed by atoms with Gasteiger partial charge >= 0.3 is 0 Å². The van der Waals surface area contributed by atoms with Gasteiger partial charge in [0.05, 0.1) is 23.5 Å². The summed E-state index contributed by atoms with van der Waals surface area (Å²) in [5, 5.41) is 17.1. The first kappa shape index (κ1) is 16.3. The van der Waals surface area contributed by atoms with E-state index in [4.69, 9.17) is 16.0 Å². The second-order valence-electron chi connectivity index (χ2n) is 5.27. The van der Waals surface area contributed by atoms with Gasteiger partial charge in [-0.05, 0) is 18.2 Å². The lowest BCUT2D eigenvalue weighted by Gasteiger charge is -2.14. The van der Waals surface area contributed by atoms with Crippen molar-refractivity contribution in [2.75, 3.05) is 6.61 Å². The van der Waals surface area contributed by atoms with Crippen molar-refractivity contribution >= 4 is 17.5 Å². The maximum Gasteiger partial charge on any atom is 0.255 e. The second kappa shape index (κ2) is 6.90. The van der Waals surface area contributed by atoms with E-state index < -0.39 is 6.04 Å². The zero-order chi connectivity index (χ0) is 17.1. The number of carbonyl (C=O) groups is 1. The summed E-state index contributed by atoms with van der Waals surface area (Å²) in [5.74, 6) is 0.113. The van der Waals surface area contributed by atoms with Gasteiger partial charge in [0.1, 0.15) is 17.5 Å². The van der Waals surface area contributed by atoms with Crippen LogP contribution < -0.4 is 5.32 Å². The van der Waals surface area contributed by atoms with Crippen molar-refractivity contribution in [3.8, 4) is 11.3 Å². The number of amides is 1. The number of nitrogens with one attached hydrogen (secondary N) is 1. The predicted octanol–water partition coefficient (Wildman–Crippen LogP) is 2.80. The number of hydrogen-bond donors (Lipinski definition) is 2. The Labute approximate surface area is 143 Å². The summed E-state index contributed by atoms with van der Waals surface area (Å²) in [6.45, 7) is -0.277. The van der Waals surface area contributed by atoms with Crippen LogP contribution >= 0.6 is 11.6 Å². The molecule has 0 spiro atoms. The summed E-state index contributed by atoms with van der Waals surface area (Å²) in [5.41, 5.74) is 1.52. The number of halogens is 1. The topological polar surface area (TPSA) is 80.3 Å². The van der Waals surface area contributed by atoms with Gasteiger partial charge in [-0.3, -0.25) is 9.48 Å². The lowest BCUT2D eigenvalue weighted by Crippen LogP contribution is -2.30. The minimum absolute atomic E-state index is 0.277. The number of nitrogens with zero attached hydrogens (tertiary/aromatic N) is 2. The lowest BCUT2D eigenvalue weighted by molar-refractivity contribution is 0.0908. The molecule has 2 heterocycles. The molecule has 3 rings (SSSR count). The molecule has 124 valence electrons. The van der Waals surface area contributed by atoms with Crippen molar-refractivity contribution in [3.63, 3.8) is 0 Å². The summed E-state index contributed by atoms with van der Waals surface area (Å²) < 4.78 is 6.80. The van der Waals surface area contributed by atoms with Crippen molar-refractivity contribution in [3.05, 3.63) is 65.2 Å². The maximum absolute atomic E-state index is 12.7. The maximum atomic E-state index is 12.7. The highest BCUT2D eigenvalue weighted by atomic mass is 35.5. The fourth-order valence-corrected chi connectivity index (χ4v) is 2.66. The van der Waals surface area contributed by atoms with E-state index in [0.29, 0.717) is 27.6 Å². The zero-order valence-corrected chi connectivity index (χ0v) is 13.7. The zero-order valence-electron chi connectivity index (χ0n) is 12.9. The number of benzene rings is 1. The Morgan fingerprint density at radius 3 is 2.83 bits per heavy atom. The third kappa shape index (κ3) is 3.20. The molecule has 0 aliphatic carbocycles. The van der Waals surface area contributed by atoms with Crippen LogP contribution in [0.15, 0.2) is 53.3 Å². The molecule has 0 saturated heterocycles. The molecule has 6 nitrogen and oxygen atoms in total. The van der Waals surface area contributed by atoms with E-state index >= 15 is 0 Å². The van der Waals surface area contributed by atoms with Crippen LogP contribution in [0.3, 0.4) is 0 Å². The number of aromatic nitrogens is 2. The van der Waals surface area contributed by atoms with Crippen LogP contribution in [0.1, 0.15) is 22.2 Å². The summed E-state index contributed by atoms with van der Waals surface area (Å²) in [6.07, 6.45) is 3.11. The van der Waals surface area contributed by atoms with Gasteiger partial charge in [-0.1, -0.05) is 29.8 Å². The first-order valence-corrected chi connectivity index (χ1v) is 7.71. The molecule has 3 aromatic rings. The smallest absolute Gasteiger partial charge is 0.255 e. The molecule has 1 aromatic carbocycles. The van der Waals surface area contributed by atoms with Crippen LogP contribution in [-0.2, 0) is 7.05 Å². The van der Waals surface area contributed by atoms with Crippen molar-refractivity contribution in [1.82, 2.24) is 15.1 Å². The number of furan rings is 1. The first-order chi connectivity index (χ1) is 11.6. The Hall–Kier alpha value is -2.57. The van der Waals surface area contributed by atoms with E-state index in [0.717, 1.165) is 0 Å². The van der Waals surface area contributed by atoms with E-state index in [1.807, 2.05) is 12.1 Å². The van der Waals surface area contributed by atoms with Gasteiger partial charge < -0.3 is 14.8 Å². The lowest BCUT2D eigenvalue weighted by atomic mass is 10.1. The van der Waals surface area contributed by atoms with Gasteiger partial charge in [0, 0.05) is 18.8 Å². The predicted molar refractivity (Wildman–Crippen MR) is 89.7 cm³/mol. The van der Waals surface area contributed by atoms with Gasteiger partial charge in [0.2, 0.25) is 0 Å². The molecule has 1 unspecified atom stereocenters. The van der Waals surface area contributed by atoms with E-state index in [1.165, 1.54) is 6.26 Å². The molecular weight excluding hydrogens is 330 g/mol. The monoisotopic (exact) mass is 345 g/mol. The molecule has 0 aliphatic heterocycles. The Balaban J connectivity index is 1.92. The van der Waals surface area contributed by atoms with Gasteiger partial charge in [0.25, 0.3) is 5.91 Å². The van der Waals surface area contributed by atoms with Crippen LogP contribution in [0, 0.1) is 0 Å². The summed E-state index contributed by atoms with van der Waals surface area (Å²) in [4.78, 5) is 12.7. The molecule has 0 aliphatic rings. The highest BCUT2D eigenvalue weighted by molar-refractivity contribution is 6.33. The van der Waals surface area contributed by atoms with Gasteiger partial charge in [-0.2, -0.15) is 5.10 Å². The van der Waals surface area contributed by atoms with Gasteiger partial charge in [-0.25, -0.2) is 0 Å². The summed E-state index contributed by atoms with van der Waals surface area (Å²) in [7, 11) is 1.73. The van der Waals surface area contributed by atoms with E-state index in [2.05, 4.69) is 10.4 Å². The molecular formula is C17H16ClN3O3. The Kier molecular flexibility index (Phi) is 4.69. The molecule has 2 N–H and O–H groups in total. The fourth-order valence-electron chi connectivity index (χ4n) is 2.44. The van der Waals surface area contributed by atoms with E-state index in [-0.39, 0.29) is 12.5 Å². The summed E-state index contributed by atoms with van der Waals surface area (Å²) >= 11 is 6.22. The molecule has 0 radical (unpaired) electrons. The number of aliphatic hydroxyl groups is 1. The van der Waals surface area contributed by atoms with E-state index in [9.17, 15) is 9.90 Å². The number of aliphatic hydroxyl groups excluding tert-OH is 1. The first-order valence-electron chi connectivity index (χ1n) is 7.34. The third-order valence-corrected chi connectivity index (χ3v) is 3.91. The highest BCUT2D eigenvalue weighted by Gasteiger charge is 2.22. The standard InChI is InChI=1S/C17H16ClN3O3/c1-21-9-12(16(20-21)11-5-2-3-6-13(11)18)17(23)19-14(10-22)15-7-4-8-24-15/h2-9,14,22H,10H2,1H3,(H,19,23). The van der Waals surface area contributed by atoms with Crippen LogP contribution in [0.4, 0.5) is 0 Å². The van der Waals surface area contributed by atoms with Crippen LogP contribution in [0.2, 0.25) is 5.02 Å². The Bertz CT molecular complexity index is 843. The van der Waals surface area contributed by atoms with Crippen LogP contribution in [0.25, 0.3) is 11.3 Å². The number of hydrogen-bond acceptors (Lipinski definition) is 4. The van der Waals surface area contributed by atoms with Crippen LogP contribution in [0.5, 0.6) is 0 Å². The van der Waals surface area contributed by atoms with Crippen molar-refractivity contribution < 1.29 is 14.3 Å². The third-order valence-electron chi connectivity index (χ3n) is 3.58. The highest BCUT2D eigenvalue weighted by Crippen LogP contribution is 2.29. The average Bonchev–Trinajstić information content (AvgIpc) is 3.22. The Morgan fingerprint density at radius 1 is 1.38 bits per heavy atom.